The van der Waals surface area contributed by atoms with E-state index in [-0.39, 0.29) is 35.9 Å². The number of halogens is 1. The van der Waals surface area contributed by atoms with E-state index in [4.69, 9.17) is 9.26 Å². The smallest absolute Gasteiger partial charge is 0.309 e. The summed E-state index contributed by atoms with van der Waals surface area (Å²) in [6, 6.07) is 0. The molecule has 1 fully saturated rings. The van der Waals surface area contributed by atoms with E-state index in [1.54, 1.807) is 6.92 Å². The molecule has 0 atom stereocenters. The highest BCUT2D eigenvalue weighted by Crippen LogP contribution is 2.18. The predicted molar refractivity (Wildman–Crippen MR) is 100 cm³/mol. The summed E-state index contributed by atoms with van der Waals surface area (Å²) < 4.78 is 10.1. The molecule has 0 spiro atoms. The predicted octanol–water partition coefficient (Wildman–Crippen LogP) is 1.74. The number of hydrogen-bond donors (Lipinski definition) is 1. The number of piperidine rings is 1. The first-order chi connectivity index (χ1) is 11.1. The zero-order valence-electron chi connectivity index (χ0n) is 14.4. The highest BCUT2D eigenvalue weighted by atomic mass is 127. The van der Waals surface area contributed by atoms with Crippen LogP contribution in [0.25, 0.3) is 0 Å². The Labute approximate surface area is 159 Å². The normalized spacial score (nSPS) is 15.8. The number of carbonyl (C=O) groups is 1. The van der Waals surface area contributed by atoms with Gasteiger partial charge in [-0.1, -0.05) is 5.16 Å². The largest absolute Gasteiger partial charge is 0.466 e. The Morgan fingerprint density at radius 1 is 1.42 bits per heavy atom. The summed E-state index contributed by atoms with van der Waals surface area (Å²) in [5.41, 5.74) is 0. The fourth-order valence-corrected chi connectivity index (χ4v) is 2.56. The summed E-state index contributed by atoms with van der Waals surface area (Å²) >= 11 is 0. The fraction of sp³-hybridized carbons (Fsp3) is 0.733. The molecule has 0 radical (unpaired) electrons. The van der Waals surface area contributed by atoms with Gasteiger partial charge in [0, 0.05) is 26.6 Å². The van der Waals surface area contributed by atoms with Gasteiger partial charge in [0.15, 0.2) is 11.8 Å². The van der Waals surface area contributed by atoms with Gasteiger partial charge in [-0.3, -0.25) is 4.79 Å². The van der Waals surface area contributed by atoms with Gasteiger partial charge in [-0.2, -0.15) is 4.98 Å². The molecule has 1 aromatic rings. The van der Waals surface area contributed by atoms with Crippen LogP contribution in [0.1, 0.15) is 38.4 Å². The van der Waals surface area contributed by atoms with Crippen molar-refractivity contribution in [2.75, 3.05) is 26.2 Å². The van der Waals surface area contributed by atoms with Crippen molar-refractivity contribution in [2.24, 2.45) is 10.9 Å². The second-order valence-corrected chi connectivity index (χ2v) is 5.41. The van der Waals surface area contributed by atoms with Gasteiger partial charge in [0.25, 0.3) is 0 Å². The molecular weight excluding hydrogens is 425 g/mol. The molecule has 8 nitrogen and oxygen atoms in total. The van der Waals surface area contributed by atoms with Crippen molar-refractivity contribution in [1.29, 1.82) is 0 Å². The van der Waals surface area contributed by atoms with E-state index >= 15 is 0 Å². The van der Waals surface area contributed by atoms with E-state index in [2.05, 4.69) is 25.3 Å². The average molecular weight is 451 g/mol. The third-order valence-electron chi connectivity index (χ3n) is 3.69. The Balaban J connectivity index is 0.00000288. The third-order valence-corrected chi connectivity index (χ3v) is 3.69. The lowest BCUT2D eigenvalue weighted by atomic mass is 9.97. The van der Waals surface area contributed by atoms with Crippen LogP contribution in [0.2, 0.25) is 0 Å². The highest BCUT2D eigenvalue weighted by molar-refractivity contribution is 14.0. The molecule has 0 aromatic carbocycles. The Morgan fingerprint density at radius 3 is 2.67 bits per heavy atom. The van der Waals surface area contributed by atoms with Crippen LogP contribution >= 0.6 is 24.0 Å². The average Bonchev–Trinajstić information content (AvgIpc) is 2.97. The molecule has 1 aromatic heterocycles. The maximum absolute atomic E-state index is 11.8. The monoisotopic (exact) mass is 451 g/mol. The van der Waals surface area contributed by atoms with Crippen molar-refractivity contribution in [3.05, 3.63) is 11.7 Å². The number of guanidine groups is 1. The highest BCUT2D eigenvalue weighted by Gasteiger charge is 2.27. The molecule has 1 aliphatic rings. The minimum atomic E-state index is -0.0867. The van der Waals surface area contributed by atoms with Crippen molar-refractivity contribution >= 4 is 35.9 Å². The first-order valence-corrected chi connectivity index (χ1v) is 8.13. The SMILES string of the molecule is CCNC(=NCc1noc(C)n1)N1CCC(C(=O)OCC)CC1.I. The van der Waals surface area contributed by atoms with Gasteiger partial charge >= 0.3 is 5.97 Å². The molecule has 2 rings (SSSR count). The minimum absolute atomic E-state index is 0. The molecule has 1 N–H and O–H groups in total. The summed E-state index contributed by atoms with van der Waals surface area (Å²) in [4.78, 5) is 22.7. The van der Waals surface area contributed by atoms with Crippen molar-refractivity contribution < 1.29 is 14.1 Å². The fourth-order valence-electron chi connectivity index (χ4n) is 2.56. The molecule has 1 saturated heterocycles. The van der Waals surface area contributed by atoms with Crippen molar-refractivity contribution in [2.45, 2.75) is 40.2 Å². The standard InChI is InChI=1S/C15H25N5O3.HI/c1-4-16-15(17-10-13-18-11(3)23-19-13)20-8-6-12(7-9-20)14(21)22-5-2;/h12H,4-10H2,1-3H3,(H,16,17);1H. The van der Waals surface area contributed by atoms with Gasteiger partial charge in [0.2, 0.25) is 5.89 Å². The first-order valence-electron chi connectivity index (χ1n) is 8.13. The molecule has 1 aliphatic heterocycles. The molecule has 136 valence electrons. The van der Waals surface area contributed by atoms with Crippen molar-refractivity contribution in [3.63, 3.8) is 0 Å². The van der Waals surface area contributed by atoms with Gasteiger partial charge in [-0.15, -0.1) is 24.0 Å². The topological polar surface area (TPSA) is 92.9 Å². The lowest BCUT2D eigenvalue weighted by Crippen LogP contribution is -2.46. The zero-order chi connectivity index (χ0) is 16.7. The van der Waals surface area contributed by atoms with Crippen LogP contribution in [0.4, 0.5) is 0 Å². The molecule has 0 bridgehead atoms. The number of aromatic nitrogens is 2. The van der Waals surface area contributed by atoms with Crippen molar-refractivity contribution in [1.82, 2.24) is 20.4 Å². The summed E-state index contributed by atoms with van der Waals surface area (Å²) in [5, 5.41) is 7.12. The number of ether oxygens (including phenoxy) is 1. The van der Waals surface area contributed by atoms with Crippen LogP contribution in [-0.2, 0) is 16.1 Å². The van der Waals surface area contributed by atoms with E-state index in [1.807, 2.05) is 13.8 Å². The van der Waals surface area contributed by atoms with Crippen LogP contribution in [0.5, 0.6) is 0 Å². The minimum Gasteiger partial charge on any atom is -0.466 e. The first kappa shape index (κ1) is 20.7. The molecular formula is C15H26IN5O3. The Hall–Kier alpha value is -1.39. The van der Waals surface area contributed by atoms with Gasteiger partial charge in [-0.25, -0.2) is 4.99 Å². The van der Waals surface area contributed by atoms with E-state index in [0.717, 1.165) is 38.4 Å². The molecule has 0 amide bonds. The quantitative estimate of drug-likeness (QED) is 0.316. The number of nitrogens with zero attached hydrogens (tertiary/aromatic N) is 4. The summed E-state index contributed by atoms with van der Waals surface area (Å²) in [5.74, 6) is 1.83. The van der Waals surface area contributed by atoms with Gasteiger partial charge in [0.05, 0.1) is 12.5 Å². The molecule has 9 heteroatoms. The second kappa shape index (κ2) is 10.5. The molecule has 0 aliphatic carbocycles. The number of likely N-dealkylation sites (tertiary alicyclic amines) is 1. The van der Waals surface area contributed by atoms with Gasteiger partial charge < -0.3 is 19.5 Å². The number of carbonyl (C=O) groups excluding carboxylic acids is 1. The van der Waals surface area contributed by atoms with Crippen LogP contribution in [0.3, 0.4) is 0 Å². The lowest BCUT2D eigenvalue weighted by Gasteiger charge is -2.33. The third kappa shape index (κ3) is 5.91. The van der Waals surface area contributed by atoms with Crippen LogP contribution in [-0.4, -0.2) is 53.2 Å². The van der Waals surface area contributed by atoms with Crippen LogP contribution < -0.4 is 5.32 Å². The molecule has 2 heterocycles. The van der Waals surface area contributed by atoms with Crippen LogP contribution in [0.15, 0.2) is 9.52 Å². The summed E-state index contributed by atoms with van der Waals surface area (Å²) in [6.45, 7) is 8.77. The maximum atomic E-state index is 11.8. The summed E-state index contributed by atoms with van der Waals surface area (Å²) in [6.07, 6.45) is 1.56. The number of aryl methyl sites for hydroxylation is 1. The number of esters is 1. The Kier molecular flexibility index (Phi) is 9.01. The zero-order valence-corrected chi connectivity index (χ0v) is 16.8. The Bertz CT molecular complexity index is 541. The number of hydrogen-bond acceptors (Lipinski definition) is 6. The number of nitrogens with one attached hydrogen (secondary N) is 1. The van der Waals surface area contributed by atoms with E-state index < -0.39 is 0 Å². The van der Waals surface area contributed by atoms with Crippen LogP contribution in [0, 0.1) is 12.8 Å². The molecule has 0 unspecified atom stereocenters. The van der Waals surface area contributed by atoms with E-state index in [0.29, 0.717) is 24.9 Å². The van der Waals surface area contributed by atoms with Gasteiger partial charge in [-0.05, 0) is 26.7 Å². The second-order valence-electron chi connectivity index (χ2n) is 5.41. The number of rotatable bonds is 5. The maximum Gasteiger partial charge on any atom is 0.309 e. The molecule has 24 heavy (non-hydrogen) atoms. The van der Waals surface area contributed by atoms with Crippen molar-refractivity contribution in [3.8, 4) is 0 Å². The number of aliphatic imine (C=N–C) groups is 1. The van der Waals surface area contributed by atoms with E-state index in [9.17, 15) is 4.79 Å². The molecule has 0 saturated carbocycles. The summed E-state index contributed by atoms with van der Waals surface area (Å²) in [7, 11) is 0. The lowest BCUT2D eigenvalue weighted by molar-refractivity contribution is -0.149. The Morgan fingerprint density at radius 2 is 2.12 bits per heavy atom. The van der Waals surface area contributed by atoms with E-state index in [1.165, 1.54) is 0 Å². The van der Waals surface area contributed by atoms with Gasteiger partial charge in [0.1, 0.15) is 6.54 Å².